The highest BCUT2D eigenvalue weighted by Crippen LogP contribution is 2.40. The molecule has 0 aliphatic heterocycles. The van der Waals surface area contributed by atoms with Gasteiger partial charge in [-0.25, -0.2) is 30.8 Å². The first-order chi connectivity index (χ1) is 16.9. The van der Waals surface area contributed by atoms with Crippen LogP contribution in [0, 0.1) is 18.6 Å². The van der Waals surface area contributed by atoms with Gasteiger partial charge in [0.05, 0.1) is 17.6 Å². The molecule has 0 bridgehead atoms. The zero-order chi connectivity index (χ0) is 27.0. The fourth-order valence-corrected chi connectivity index (χ4v) is 4.72. The van der Waals surface area contributed by atoms with E-state index in [0.29, 0.717) is 17.7 Å². The lowest BCUT2D eigenvalue weighted by molar-refractivity contribution is -0.134. The van der Waals surface area contributed by atoms with Crippen molar-refractivity contribution < 1.29 is 41.7 Å². The van der Waals surface area contributed by atoms with Gasteiger partial charge in [-0.3, -0.25) is 0 Å². The number of hydrogen-bond donors (Lipinski definition) is 3. The summed E-state index contributed by atoms with van der Waals surface area (Å²) >= 11 is 0. The lowest BCUT2D eigenvalue weighted by Gasteiger charge is -2.14. The second-order valence-corrected chi connectivity index (χ2v) is 9.11. The Morgan fingerprint density at radius 2 is 1.61 bits per heavy atom. The van der Waals surface area contributed by atoms with Crippen molar-refractivity contribution in [3.8, 4) is 17.0 Å². The van der Waals surface area contributed by atoms with E-state index in [1.54, 1.807) is 26.1 Å². The Morgan fingerprint density at radius 3 is 2.08 bits per heavy atom. The van der Waals surface area contributed by atoms with Crippen molar-refractivity contribution in [2.45, 2.75) is 18.4 Å². The van der Waals surface area contributed by atoms with Gasteiger partial charge in [-0.05, 0) is 43.8 Å². The molecule has 0 radical (unpaired) electrons. The Labute approximate surface area is 206 Å². The van der Waals surface area contributed by atoms with Crippen LogP contribution >= 0.6 is 0 Å². The number of carboxylic acids is 2. The number of nitrogens with zero attached hydrogens (tertiary/aromatic N) is 1. The quantitative estimate of drug-likeness (QED) is 0.383. The van der Waals surface area contributed by atoms with Gasteiger partial charge in [-0.2, -0.15) is 0 Å². The summed E-state index contributed by atoms with van der Waals surface area (Å²) in [4.78, 5) is 19.1. The first kappa shape index (κ1) is 28.2. The summed E-state index contributed by atoms with van der Waals surface area (Å²) in [7, 11) is -1.12. The zero-order valence-electron chi connectivity index (χ0n) is 19.5. The maximum atomic E-state index is 14.6. The number of aliphatic carboxylic acids is 2. The minimum absolute atomic E-state index is 0.0131. The SMILES string of the molecule is CNCc1cn(S(=O)(=O)c2cccc(C)c2)c(-c2c(F)cccc2F)c1OC.O=C(O)/C=C/C(=O)O. The molecule has 2 aromatic carbocycles. The van der Waals surface area contributed by atoms with Crippen molar-refractivity contribution in [1.82, 2.24) is 9.29 Å². The maximum Gasteiger partial charge on any atom is 0.328 e. The van der Waals surface area contributed by atoms with Gasteiger partial charge in [0.2, 0.25) is 0 Å². The Hall–Kier alpha value is -4.03. The number of carboxylic acid groups (broad SMARTS) is 2. The van der Waals surface area contributed by atoms with Crippen molar-refractivity contribution in [2.24, 2.45) is 0 Å². The fraction of sp³-hybridized carbons (Fsp3) is 0.167. The Morgan fingerprint density at radius 1 is 1.06 bits per heavy atom. The number of aromatic nitrogens is 1. The highest BCUT2D eigenvalue weighted by Gasteiger charge is 2.30. The molecule has 3 rings (SSSR count). The van der Waals surface area contributed by atoms with Gasteiger partial charge in [0.1, 0.15) is 23.1 Å². The zero-order valence-corrected chi connectivity index (χ0v) is 20.3. The van der Waals surface area contributed by atoms with Crippen LogP contribution in [0.3, 0.4) is 0 Å². The number of aryl methyl sites for hydroxylation is 1. The predicted octanol–water partition coefficient (Wildman–Crippen LogP) is 3.42. The van der Waals surface area contributed by atoms with Crippen molar-refractivity contribution in [3.63, 3.8) is 0 Å². The molecular formula is C24H24F2N2O7S. The van der Waals surface area contributed by atoms with Gasteiger partial charge >= 0.3 is 11.9 Å². The fourth-order valence-electron chi connectivity index (χ4n) is 3.23. The average Bonchev–Trinajstić information content (AvgIpc) is 3.17. The minimum atomic E-state index is -4.13. The molecule has 0 spiro atoms. The molecule has 3 aromatic rings. The van der Waals surface area contributed by atoms with E-state index in [9.17, 15) is 26.8 Å². The predicted molar refractivity (Wildman–Crippen MR) is 127 cm³/mol. The van der Waals surface area contributed by atoms with Gasteiger partial charge in [-0.15, -0.1) is 0 Å². The third-order valence-corrected chi connectivity index (χ3v) is 6.34. The van der Waals surface area contributed by atoms with E-state index < -0.39 is 39.2 Å². The molecule has 0 fully saturated rings. The third-order valence-electron chi connectivity index (χ3n) is 4.69. The highest BCUT2D eigenvalue weighted by atomic mass is 32.2. The Balaban J connectivity index is 0.000000493. The highest BCUT2D eigenvalue weighted by molar-refractivity contribution is 7.90. The number of ether oxygens (including phenoxy) is 1. The van der Waals surface area contributed by atoms with Crippen LogP contribution in [0.25, 0.3) is 11.3 Å². The molecule has 192 valence electrons. The topological polar surface area (TPSA) is 135 Å². The minimum Gasteiger partial charge on any atom is -0.494 e. The van der Waals surface area contributed by atoms with Crippen molar-refractivity contribution in [3.05, 3.63) is 83.6 Å². The maximum absolute atomic E-state index is 14.6. The molecule has 0 saturated carbocycles. The van der Waals surface area contributed by atoms with Crippen LogP contribution in [-0.4, -0.2) is 48.7 Å². The van der Waals surface area contributed by atoms with E-state index >= 15 is 0 Å². The first-order valence-corrected chi connectivity index (χ1v) is 11.7. The molecule has 0 saturated heterocycles. The molecule has 1 heterocycles. The third kappa shape index (κ3) is 6.55. The molecule has 0 aliphatic rings. The molecule has 36 heavy (non-hydrogen) atoms. The summed E-state index contributed by atoms with van der Waals surface area (Å²) in [6.45, 7) is 2.02. The molecular weight excluding hydrogens is 498 g/mol. The van der Waals surface area contributed by atoms with E-state index in [1.165, 1.54) is 31.5 Å². The molecule has 1 aromatic heterocycles. The summed E-state index contributed by atoms with van der Waals surface area (Å²) in [6.07, 6.45) is 2.44. The number of nitrogens with one attached hydrogen (secondary N) is 1. The number of methoxy groups -OCH3 is 1. The lowest BCUT2D eigenvalue weighted by Crippen LogP contribution is -2.14. The summed E-state index contributed by atoms with van der Waals surface area (Å²) in [6, 6.07) is 9.69. The van der Waals surface area contributed by atoms with Crippen molar-refractivity contribution >= 4 is 22.0 Å². The molecule has 0 atom stereocenters. The van der Waals surface area contributed by atoms with E-state index in [2.05, 4.69) is 5.32 Å². The van der Waals surface area contributed by atoms with Crippen LogP contribution in [0.15, 0.2) is 65.7 Å². The second kappa shape index (κ2) is 12.1. The van der Waals surface area contributed by atoms with Crippen molar-refractivity contribution in [2.75, 3.05) is 14.2 Å². The monoisotopic (exact) mass is 522 g/mol. The molecule has 12 heteroatoms. The molecule has 9 nitrogen and oxygen atoms in total. The van der Waals surface area contributed by atoms with Crippen LogP contribution in [0.1, 0.15) is 11.1 Å². The molecule has 0 aliphatic carbocycles. The molecule has 3 N–H and O–H groups in total. The van der Waals surface area contributed by atoms with Gasteiger partial charge in [-0.1, -0.05) is 18.2 Å². The van der Waals surface area contributed by atoms with Gasteiger partial charge in [0.25, 0.3) is 10.0 Å². The largest absolute Gasteiger partial charge is 0.494 e. The second-order valence-electron chi connectivity index (χ2n) is 7.29. The molecule has 0 amide bonds. The number of hydrogen-bond acceptors (Lipinski definition) is 6. The summed E-state index contributed by atoms with van der Waals surface area (Å²) in [5, 5.41) is 18.5. The number of carbonyl (C=O) groups is 2. The summed E-state index contributed by atoms with van der Waals surface area (Å²) in [5.41, 5.74) is 0.552. The normalized spacial score (nSPS) is 11.1. The van der Waals surface area contributed by atoms with Gasteiger partial charge in [0, 0.05) is 30.5 Å². The van der Waals surface area contributed by atoms with E-state index in [-0.39, 0.29) is 22.9 Å². The van der Waals surface area contributed by atoms with Crippen molar-refractivity contribution in [1.29, 1.82) is 0 Å². The van der Waals surface area contributed by atoms with Crippen LogP contribution in [0.5, 0.6) is 5.75 Å². The van der Waals surface area contributed by atoms with Crippen LogP contribution < -0.4 is 10.1 Å². The van der Waals surface area contributed by atoms with Crippen LogP contribution in [0.2, 0.25) is 0 Å². The smallest absolute Gasteiger partial charge is 0.328 e. The number of benzene rings is 2. The average molecular weight is 523 g/mol. The van der Waals surface area contributed by atoms with Crippen LogP contribution in [0.4, 0.5) is 8.78 Å². The van der Waals surface area contributed by atoms with Crippen LogP contribution in [-0.2, 0) is 26.2 Å². The summed E-state index contributed by atoms with van der Waals surface area (Å²) < 4.78 is 62.0. The van der Waals surface area contributed by atoms with E-state index in [0.717, 1.165) is 21.7 Å². The Kier molecular flexibility index (Phi) is 9.47. The van der Waals surface area contributed by atoms with Gasteiger partial charge < -0.3 is 20.3 Å². The number of rotatable bonds is 8. The number of halogens is 2. The molecule has 0 unspecified atom stereocenters. The standard InChI is InChI=1S/C20H20F2N2O3S.C4H4O4/c1-13-6-4-7-15(10-13)28(25,26)24-12-14(11-23-2)20(27-3)19(24)18-16(21)8-5-9-17(18)22;5-3(6)1-2-4(7)8/h4-10,12,23H,11H2,1-3H3;1-2H,(H,5,6)(H,7,8)/b;2-1+. The van der Waals surface area contributed by atoms with E-state index in [1.807, 2.05) is 0 Å². The first-order valence-electron chi connectivity index (χ1n) is 10.3. The Bertz CT molecular complexity index is 1360. The summed E-state index contributed by atoms with van der Waals surface area (Å²) in [5.74, 6) is -4.18. The van der Waals surface area contributed by atoms with E-state index in [4.69, 9.17) is 14.9 Å². The lowest BCUT2D eigenvalue weighted by atomic mass is 10.1. The van der Waals surface area contributed by atoms with Gasteiger partial charge in [0.15, 0.2) is 0 Å².